The minimum absolute atomic E-state index is 0.150. The average Bonchev–Trinajstić information content (AvgIpc) is 3.08. The van der Waals surface area contributed by atoms with Crippen LogP contribution in [0.2, 0.25) is 0 Å². The number of aliphatic imine (C=N–C) groups is 1. The van der Waals surface area contributed by atoms with Crippen LogP contribution in [0.1, 0.15) is 12.8 Å². The number of carbonyl (C=O) groups excluding carboxylic acids is 1. The van der Waals surface area contributed by atoms with E-state index >= 15 is 0 Å². The van der Waals surface area contributed by atoms with Crippen LogP contribution in [0.4, 0.5) is 0 Å². The van der Waals surface area contributed by atoms with E-state index in [0.717, 1.165) is 12.8 Å². The predicted octanol–water partition coefficient (Wildman–Crippen LogP) is -0.937. The number of nitrogens with zero attached hydrogens (tertiary/aromatic N) is 1. The van der Waals surface area contributed by atoms with Crippen molar-refractivity contribution < 1.29 is 9.53 Å². The topological polar surface area (TPSA) is 88.7 Å². The van der Waals surface area contributed by atoms with Gasteiger partial charge in [-0.2, -0.15) is 0 Å². The molecular formula is C10H20N4O2. The van der Waals surface area contributed by atoms with Crippen molar-refractivity contribution in [2.24, 2.45) is 16.6 Å². The molecule has 1 saturated carbocycles. The maximum Gasteiger partial charge on any atom is 0.223 e. The van der Waals surface area contributed by atoms with Gasteiger partial charge in [-0.05, 0) is 12.8 Å². The second kappa shape index (κ2) is 7.05. The maximum absolute atomic E-state index is 11.2. The summed E-state index contributed by atoms with van der Waals surface area (Å²) in [5.41, 5.74) is 5.57. The molecule has 0 unspecified atom stereocenters. The highest BCUT2D eigenvalue weighted by Gasteiger charge is 2.28. The van der Waals surface area contributed by atoms with Crippen molar-refractivity contribution in [3.8, 4) is 0 Å². The molecule has 92 valence electrons. The summed E-state index contributed by atoms with van der Waals surface area (Å²) in [6.07, 6.45) is 2.06. The molecule has 16 heavy (non-hydrogen) atoms. The number of hydrogen-bond donors (Lipinski definition) is 3. The number of carbonyl (C=O) groups is 1. The Kier molecular flexibility index (Phi) is 5.63. The Balaban J connectivity index is 1.96. The quantitative estimate of drug-likeness (QED) is 0.298. The van der Waals surface area contributed by atoms with Gasteiger partial charge in [0.2, 0.25) is 5.91 Å². The fourth-order valence-electron chi connectivity index (χ4n) is 1.18. The number of nitrogens with one attached hydrogen (secondary N) is 2. The second-order valence-corrected chi connectivity index (χ2v) is 3.75. The molecule has 1 fully saturated rings. The van der Waals surface area contributed by atoms with Crippen molar-refractivity contribution >= 4 is 11.9 Å². The van der Waals surface area contributed by atoms with Crippen LogP contribution in [0.5, 0.6) is 0 Å². The summed E-state index contributed by atoms with van der Waals surface area (Å²) in [6, 6.07) is 0. The Hall–Kier alpha value is -1.30. The van der Waals surface area contributed by atoms with Crippen molar-refractivity contribution in [2.45, 2.75) is 12.8 Å². The highest BCUT2D eigenvalue weighted by atomic mass is 16.5. The lowest BCUT2D eigenvalue weighted by Gasteiger charge is -2.06. The minimum Gasteiger partial charge on any atom is -0.383 e. The fraction of sp³-hybridized carbons (Fsp3) is 0.800. The molecule has 1 aliphatic carbocycles. The van der Waals surface area contributed by atoms with E-state index in [2.05, 4.69) is 15.6 Å². The number of nitrogens with two attached hydrogens (primary N) is 1. The molecule has 4 N–H and O–H groups in total. The molecule has 1 rings (SSSR count). The summed E-state index contributed by atoms with van der Waals surface area (Å²) in [5.74, 6) is 0.794. The molecule has 0 bridgehead atoms. The minimum atomic E-state index is 0.150. The van der Waals surface area contributed by atoms with Crippen LogP contribution in [0.25, 0.3) is 0 Å². The van der Waals surface area contributed by atoms with Gasteiger partial charge in [0, 0.05) is 26.1 Å². The van der Waals surface area contributed by atoms with Crippen molar-refractivity contribution in [2.75, 3.05) is 33.4 Å². The van der Waals surface area contributed by atoms with Gasteiger partial charge in [-0.15, -0.1) is 0 Å². The number of methoxy groups -OCH3 is 1. The van der Waals surface area contributed by atoms with Crippen molar-refractivity contribution in [3.63, 3.8) is 0 Å². The zero-order chi connectivity index (χ0) is 11.8. The normalized spacial score (nSPS) is 15.9. The monoisotopic (exact) mass is 228 g/mol. The summed E-state index contributed by atoms with van der Waals surface area (Å²) < 4.78 is 4.84. The molecule has 0 spiro atoms. The molecule has 0 heterocycles. The van der Waals surface area contributed by atoms with E-state index in [1.54, 1.807) is 7.11 Å². The van der Waals surface area contributed by atoms with Crippen LogP contribution in [0, 0.1) is 5.92 Å². The van der Waals surface area contributed by atoms with Gasteiger partial charge in [0.1, 0.15) is 0 Å². The predicted molar refractivity (Wildman–Crippen MR) is 62.1 cm³/mol. The first-order valence-electron chi connectivity index (χ1n) is 5.54. The third-order valence-electron chi connectivity index (χ3n) is 2.26. The summed E-state index contributed by atoms with van der Waals surface area (Å²) in [6.45, 7) is 2.28. The number of ether oxygens (including phenoxy) is 1. The summed E-state index contributed by atoms with van der Waals surface area (Å²) in [4.78, 5) is 15.3. The van der Waals surface area contributed by atoms with Crippen LogP contribution < -0.4 is 16.4 Å². The SMILES string of the molecule is COCCN=C(N)NCCNC(=O)C1CC1. The Bertz CT molecular complexity index is 251. The molecule has 0 aromatic rings. The number of amides is 1. The van der Waals surface area contributed by atoms with E-state index in [0.29, 0.717) is 32.2 Å². The average molecular weight is 228 g/mol. The van der Waals surface area contributed by atoms with Gasteiger partial charge in [-0.3, -0.25) is 9.79 Å². The molecule has 0 aromatic carbocycles. The molecule has 6 heteroatoms. The second-order valence-electron chi connectivity index (χ2n) is 3.75. The van der Waals surface area contributed by atoms with Gasteiger partial charge in [0.25, 0.3) is 0 Å². The molecular weight excluding hydrogens is 208 g/mol. The molecule has 0 atom stereocenters. The van der Waals surface area contributed by atoms with E-state index in [4.69, 9.17) is 10.5 Å². The molecule has 0 aliphatic heterocycles. The number of guanidine groups is 1. The molecule has 0 radical (unpaired) electrons. The van der Waals surface area contributed by atoms with Gasteiger partial charge in [-0.1, -0.05) is 0 Å². The largest absolute Gasteiger partial charge is 0.383 e. The lowest BCUT2D eigenvalue weighted by atomic mass is 10.4. The van der Waals surface area contributed by atoms with E-state index in [1.165, 1.54) is 0 Å². The van der Waals surface area contributed by atoms with Crippen LogP contribution in [0.15, 0.2) is 4.99 Å². The Labute approximate surface area is 95.6 Å². The highest BCUT2D eigenvalue weighted by Crippen LogP contribution is 2.28. The van der Waals surface area contributed by atoms with E-state index in [9.17, 15) is 4.79 Å². The molecule has 1 aliphatic rings. The van der Waals surface area contributed by atoms with Gasteiger partial charge in [-0.25, -0.2) is 0 Å². The number of rotatable bonds is 7. The first-order chi connectivity index (χ1) is 7.74. The van der Waals surface area contributed by atoms with Crippen molar-refractivity contribution in [3.05, 3.63) is 0 Å². The maximum atomic E-state index is 11.2. The van der Waals surface area contributed by atoms with E-state index in [1.807, 2.05) is 0 Å². The molecule has 0 saturated heterocycles. The molecule has 0 aromatic heterocycles. The van der Waals surface area contributed by atoms with Crippen LogP contribution in [-0.2, 0) is 9.53 Å². The molecule has 1 amide bonds. The summed E-state index contributed by atoms with van der Waals surface area (Å²) in [5, 5.41) is 5.74. The van der Waals surface area contributed by atoms with Crippen LogP contribution in [0.3, 0.4) is 0 Å². The standard InChI is InChI=1S/C10H20N4O2/c1-16-7-6-14-10(11)13-5-4-12-9(15)8-2-3-8/h8H,2-7H2,1H3,(H,12,15)(H3,11,13,14). The van der Waals surface area contributed by atoms with Crippen LogP contribution in [-0.4, -0.2) is 45.2 Å². The first kappa shape index (κ1) is 12.8. The lowest BCUT2D eigenvalue weighted by Crippen LogP contribution is -2.39. The smallest absolute Gasteiger partial charge is 0.223 e. The van der Waals surface area contributed by atoms with Gasteiger partial charge in [0.15, 0.2) is 5.96 Å². The fourth-order valence-corrected chi connectivity index (χ4v) is 1.18. The number of hydrogen-bond acceptors (Lipinski definition) is 3. The summed E-state index contributed by atoms with van der Waals surface area (Å²) >= 11 is 0. The summed E-state index contributed by atoms with van der Waals surface area (Å²) in [7, 11) is 1.62. The Morgan fingerprint density at radius 1 is 1.44 bits per heavy atom. The molecule has 6 nitrogen and oxygen atoms in total. The van der Waals surface area contributed by atoms with Gasteiger partial charge in [0.05, 0.1) is 13.2 Å². The van der Waals surface area contributed by atoms with Gasteiger partial charge >= 0.3 is 0 Å². The first-order valence-corrected chi connectivity index (χ1v) is 5.54. The van der Waals surface area contributed by atoms with E-state index < -0.39 is 0 Å². The zero-order valence-electron chi connectivity index (χ0n) is 9.66. The third kappa shape index (κ3) is 5.55. The highest BCUT2D eigenvalue weighted by molar-refractivity contribution is 5.81. The Morgan fingerprint density at radius 3 is 2.75 bits per heavy atom. The van der Waals surface area contributed by atoms with Crippen molar-refractivity contribution in [1.29, 1.82) is 0 Å². The van der Waals surface area contributed by atoms with Crippen LogP contribution >= 0.6 is 0 Å². The van der Waals surface area contributed by atoms with Gasteiger partial charge < -0.3 is 21.1 Å². The Morgan fingerprint density at radius 2 is 2.12 bits per heavy atom. The third-order valence-corrected chi connectivity index (χ3v) is 2.26. The van der Waals surface area contributed by atoms with Crippen molar-refractivity contribution in [1.82, 2.24) is 10.6 Å². The van der Waals surface area contributed by atoms with E-state index in [-0.39, 0.29) is 11.8 Å². The lowest BCUT2D eigenvalue weighted by molar-refractivity contribution is -0.122. The zero-order valence-corrected chi connectivity index (χ0v) is 9.66.